The van der Waals surface area contributed by atoms with Crippen LogP contribution in [-0.2, 0) is 14.3 Å². The molecule has 4 rings (SSSR count). The molecule has 2 aliphatic rings. The van der Waals surface area contributed by atoms with E-state index in [1.165, 1.54) is 4.90 Å². The Bertz CT molecular complexity index is 984. The average Bonchev–Trinajstić information content (AvgIpc) is 3.00. The third-order valence-corrected chi connectivity index (χ3v) is 5.67. The third kappa shape index (κ3) is 4.26. The number of nitrogens with zero attached hydrogens (tertiary/aromatic N) is 2. The predicted molar refractivity (Wildman–Crippen MR) is 117 cm³/mol. The molecule has 0 atom stereocenters. The van der Waals surface area contributed by atoms with E-state index in [0.717, 1.165) is 18.7 Å². The number of carbonyl (C=O) groups is 2. The van der Waals surface area contributed by atoms with Gasteiger partial charge in [-0.2, -0.15) is 0 Å². The molecule has 6 nitrogen and oxygen atoms in total. The van der Waals surface area contributed by atoms with Crippen molar-refractivity contribution in [3.8, 4) is 0 Å². The first-order valence-corrected chi connectivity index (χ1v) is 10.4. The molecular formula is C23H24ClN3O3. The number of benzene rings is 2. The lowest BCUT2D eigenvalue weighted by Crippen LogP contribution is -2.43. The van der Waals surface area contributed by atoms with Crippen molar-refractivity contribution in [1.82, 2.24) is 9.80 Å². The van der Waals surface area contributed by atoms with Gasteiger partial charge in [0.2, 0.25) is 0 Å². The molecule has 0 spiro atoms. The Balaban J connectivity index is 1.63. The Labute approximate surface area is 181 Å². The highest BCUT2D eigenvalue weighted by Gasteiger charge is 2.39. The van der Waals surface area contributed by atoms with E-state index < -0.39 is 0 Å². The van der Waals surface area contributed by atoms with Crippen molar-refractivity contribution in [2.45, 2.75) is 6.92 Å². The van der Waals surface area contributed by atoms with E-state index in [2.05, 4.69) is 10.2 Å². The van der Waals surface area contributed by atoms with E-state index in [1.54, 1.807) is 12.1 Å². The molecule has 2 aliphatic heterocycles. The fourth-order valence-electron chi connectivity index (χ4n) is 3.70. The van der Waals surface area contributed by atoms with Crippen LogP contribution in [0.3, 0.4) is 0 Å². The summed E-state index contributed by atoms with van der Waals surface area (Å²) in [6.45, 7) is 5.87. The van der Waals surface area contributed by atoms with Gasteiger partial charge in [0.1, 0.15) is 5.70 Å². The normalized spacial score (nSPS) is 17.7. The first-order chi connectivity index (χ1) is 14.5. The second-order valence-corrected chi connectivity index (χ2v) is 7.85. The van der Waals surface area contributed by atoms with Gasteiger partial charge in [0.15, 0.2) is 0 Å². The van der Waals surface area contributed by atoms with Gasteiger partial charge in [-0.05, 0) is 30.2 Å². The van der Waals surface area contributed by atoms with Crippen LogP contribution in [0.15, 0.2) is 54.2 Å². The van der Waals surface area contributed by atoms with Gasteiger partial charge in [0.25, 0.3) is 11.8 Å². The highest BCUT2D eigenvalue weighted by atomic mass is 35.5. The minimum absolute atomic E-state index is 0.276. The smallest absolute Gasteiger partial charge is 0.278 e. The second-order valence-electron chi connectivity index (χ2n) is 7.42. The zero-order valence-electron chi connectivity index (χ0n) is 16.9. The molecule has 2 amide bonds. The molecule has 156 valence electrons. The lowest BCUT2D eigenvalue weighted by atomic mass is 10.0. The maximum absolute atomic E-state index is 13.3. The van der Waals surface area contributed by atoms with Gasteiger partial charge in [-0.15, -0.1) is 0 Å². The Hall–Kier alpha value is -2.67. The molecule has 0 aromatic heterocycles. The summed E-state index contributed by atoms with van der Waals surface area (Å²) in [5.41, 5.74) is 3.04. The molecule has 30 heavy (non-hydrogen) atoms. The van der Waals surface area contributed by atoms with Crippen molar-refractivity contribution >= 4 is 34.7 Å². The number of ether oxygens (including phenoxy) is 1. The molecule has 7 heteroatoms. The number of hydrogen-bond acceptors (Lipinski definition) is 5. The van der Waals surface area contributed by atoms with Crippen molar-refractivity contribution in [3.05, 3.63) is 70.4 Å². The molecule has 2 aromatic carbocycles. The summed E-state index contributed by atoms with van der Waals surface area (Å²) in [6.07, 6.45) is 0. The molecule has 1 saturated heterocycles. The number of hydrogen-bond donors (Lipinski definition) is 1. The van der Waals surface area contributed by atoms with Gasteiger partial charge < -0.3 is 10.1 Å². The summed E-state index contributed by atoms with van der Waals surface area (Å²) in [6, 6.07) is 14.7. The lowest BCUT2D eigenvalue weighted by Gasteiger charge is -2.28. The molecule has 1 fully saturated rings. The number of anilines is 1. The Kier molecular flexibility index (Phi) is 6.18. The highest BCUT2D eigenvalue weighted by molar-refractivity contribution is 6.36. The number of rotatable bonds is 6. The Morgan fingerprint density at radius 3 is 2.47 bits per heavy atom. The van der Waals surface area contributed by atoms with Gasteiger partial charge in [0, 0.05) is 36.9 Å². The fourth-order valence-corrected chi connectivity index (χ4v) is 3.87. The van der Waals surface area contributed by atoms with E-state index in [-0.39, 0.29) is 11.8 Å². The number of imide groups is 1. The number of amides is 2. The van der Waals surface area contributed by atoms with E-state index in [4.69, 9.17) is 16.3 Å². The summed E-state index contributed by atoms with van der Waals surface area (Å²) >= 11 is 6.15. The second kappa shape index (κ2) is 9.00. The van der Waals surface area contributed by atoms with Crippen molar-refractivity contribution < 1.29 is 14.3 Å². The molecule has 0 unspecified atom stereocenters. The largest absolute Gasteiger partial charge is 0.379 e. The zero-order chi connectivity index (χ0) is 21.1. The molecule has 1 N–H and O–H groups in total. The number of nitrogens with one attached hydrogen (secondary N) is 1. The quantitative estimate of drug-likeness (QED) is 0.720. The molecule has 0 saturated carbocycles. The summed E-state index contributed by atoms with van der Waals surface area (Å²) in [5.74, 6) is -0.590. The summed E-state index contributed by atoms with van der Waals surface area (Å²) in [4.78, 5) is 30.1. The number of carbonyl (C=O) groups excluding carboxylic acids is 2. The van der Waals surface area contributed by atoms with Gasteiger partial charge in [-0.25, -0.2) is 0 Å². The monoisotopic (exact) mass is 425 g/mol. The van der Waals surface area contributed by atoms with Crippen molar-refractivity contribution in [3.63, 3.8) is 0 Å². The van der Waals surface area contributed by atoms with Crippen LogP contribution in [0, 0.1) is 6.92 Å². The first-order valence-electron chi connectivity index (χ1n) is 10.0. The van der Waals surface area contributed by atoms with Crippen LogP contribution < -0.4 is 5.32 Å². The summed E-state index contributed by atoms with van der Waals surface area (Å²) in [5, 5.41) is 3.76. The molecule has 0 radical (unpaired) electrons. The predicted octanol–water partition coefficient (Wildman–Crippen LogP) is 3.17. The van der Waals surface area contributed by atoms with Gasteiger partial charge >= 0.3 is 0 Å². The zero-order valence-corrected chi connectivity index (χ0v) is 17.6. The number of morpholine rings is 1. The maximum atomic E-state index is 13.3. The van der Waals surface area contributed by atoms with Gasteiger partial charge in [0.05, 0.1) is 18.8 Å². The third-order valence-electron chi connectivity index (χ3n) is 5.43. The Morgan fingerprint density at radius 1 is 1.00 bits per heavy atom. The topological polar surface area (TPSA) is 61.9 Å². The van der Waals surface area contributed by atoms with E-state index in [9.17, 15) is 9.59 Å². The first kappa shape index (κ1) is 20.6. The van der Waals surface area contributed by atoms with Crippen molar-refractivity contribution in [2.24, 2.45) is 0 Å². The Morgan fingerprint density at radius 2 is 1.73 bits per heavy atom. The van der Waals surface area contributed by atoms with Crippen molar-refractivity contribution in [2.75, 3.05) is 44.7 Å². The standard InChI is InChI=1S/C23H24ClN3O3/c1-16-7-8-18(24)15-19(16)25-21-20(17-5-3-2-4-6-17)22(28)27(23(21)29)10-9-26-11-13-30-14-12-26/h2-8,15,25H,9-14H2,1H3. The van der Waals surface area contributed by atoms with Crippen molar-refractivity contribution in [1.29, 1.82) is 0 Å². The molecule has 0 aliphatic carbocycles. The summed E-state index contributed by atoms with van der Waals surface area (Å²) < 4.78 is 5.37. The minimum Gasteiger partial charge on any atom is -0.379 e. The van der Waals surface area contributed by atoms with Crippen LogP contribution in [-0.4, -0.2) is 61.0 Å². The van der Waals surface area contributed by atoms with Crippen LogP contribution in [0.4, 0.5) is 5.69 Å². The van der Waals surface area contributed by atoms with Crippen LogP contribution in [0.5, 0.6) is 0 Å². The summed E-state index contributed by atoms with van der Waals surface area (Å²) in [7, 11) is 0. The minimum atomic E-state index is -0.313. The average molecular weight is 426 g/mol. The SMILES string of the molecule is Cc1ccc(Cl)cc1NC1=C(c2ccccc2)C(=O)N(CCN2CCOCC2)C1=O. The van der Waals surface area contributed by atoms with Crippen LogP contribution in [0.1, 0.15) is 11.1 Å². The number of aryl methyl sites for hydroxylation is 1. The van der Waals surface area contributed by atoms with E-state index >= 15 is 0 Å². The molecular weight excluding hydrogens is 402 g/mol. The van der Waals surface area contributed by atoms with Gasteiger partial charge in [-0.1, -0.05) is 48.0 Å². The molecule has 2 heterocycles. The number of halogens is 1. The highest BCUT2D eigenvalue weighted by Crippen LogP contribution is 2.32. The molecule has 2 aromatic rings. The van der Waals surface area contributed by atoms with Gasteiger partial charge in [-0.3, -0.25) is 19.4 Å². The fraction of sp³-hybridized carbons (Fsp3) is 0.304. The van der Waals surface area contributed by atoms with Crippen LogP contribution in [0.25, 0.3) is 5.57 Å². The lowest BCUT2D eigenvalue weighted by molar-refractivity contribution is -0.137. The maximum Gasteiger partial charge on any atom is 0.278 e. The molecule has 0 bridgehead atoms. The van der Waals surface area contributed by atoms with Crippen LogP contribution >= 0.6 is 11.6 Å². The van der Waals surface area contributed by atoms with E-state index in [0.29, 0.717) is 53.8 Å². The van der Waals surface area contributed by atoms with Crippen LogP contribution in [0.2, 0.25) is 5.02 Å². The van der Waals surface area contributed by atoms with E-state index in [1.807, 2.05) is 43.3 Å².